The van der Waals surface area contributed by atoms with Gasteiger partial charge in [-0.15, -0.1) is 0 Å². The summed E-state index contributed by atoms with van der Waals surface area (Å²) in [6.07, 6.45) is 4.32. The molecule has 0 radical (unpaired) electrons. The van der Waals surface area contributed by atoms with Crippen molar-refractivity contribution in [2.75, 3.05) is 23.5 Å². The van der Waals surface area contributed by atoms with Crippen molar-refractivity contribution in [1.29, 1.82) is 0 Å². The van der Waals surface area contributed by atoms with Gasteiger partial charge < -0.3 is 19.8 Å². The Balaban J connectivity index is 1.38. The summed E-state index contributed by atoms with van der Waals surface area (Å²) in [6.45, 7) is 6.22. The van der Waals surface area contributed by atoms with Crippen molar-refractivity contribution in [1.82, 2.24) is 20.3 Å². The molecule has 0 saturated carbocycles. The number of fused-ring (bicyclic) bond motifs is 2. The average Bonchev–Trinajstić information content (AvgIpc) is 3.22. The first-order valence-electron chi connectivity index (χ1n) is 9.34. The fourth-order valence-electron chi connectivity index (χ4n) is 3.72. The van der Waals surface area contributed by atoms with Crippen LogP contribution < -0.4 is 20.3 Å². The van der Waals surface area contributed by atoms with E-state index in [9.17, 15) is 4.79 Å². The largest absolute Gasteiger partial charge is 0.455 e. The van der Waals surface area contributed by atoms with E-state index in [0.717, 1.165) is 18.8 Å². The molecule has 9 nitrogen and oxygen atoms in total. The van der Waals surface area contributed by atoms with Gasteiger partial charge in [0.15, 0.2) is 6.73 Å². The molecule has 1 amide bonds. The van der Waals surface area contributed by atoms with E-state index in [1.54, 1.807) is 0 Å². The minimum Gasteiger partial charge on any atom is -0.455 e. The van der Waals surface area contributed by atoms with Crippen LogP contribution in [-0.2, 0) is 12.0 Å². The molecule has 1 aromatic carbocycles. The van der Waals surface area contributed by atoms with Crippen molar-refractivity contribution >= 4 is 23.6 Å². The third kappa shape index (κ3) is 3.09. The second kappa shape index (κ2) is 6.56. The first-order valence-corrected chi connectivity index (χ1v) is 9.34. The fraction of sp³-hybridized carbons (Fsp3) is 0.300. The van der Waals surface area contributed by atoms with E-state index in [1.165, 1.54) is 34.7 Å². The van der Waals surface area contributed by atoms with Gasteiger partial charge in [0.05, 0.1) is 6.20 Å². The summed E-state index contributed by atoms with van der Waals surface area (Å²) in [5.41, 5.74) is 3.83. The molecule has 29 heavy (non-hydrogen) atoms. The molecule has 0 aliphatic carbocycles. The Morgan fingerprint density at radius 1 is 1.28 bits per heavy atom. The van der Waals surface area contributed by atoms with Crippen LogP contribution in [0.25, 0.3) is 0 Å². The molecule has 2 aliphatic rings. The zero-order valence-corrected chi connectivity index (χ0v) is 16.1. The minimum absolute atomic E-state index is 0.0254. The number of nitrogens with one attached hydrogen (secondary N) is 2. The fourth-order valence-corrected chi connectivity index (χ4v) is 3.72. The molecule has 5 rings (SSSR count). The first-order chi connectivity index (χ1) is 14.0. The van der Waals surface area contributed by atoms with E-state index in [4.69, 9.17) is 9.15 Å². The van der Waals surface area contributed by atoms with E-state index >= 15 is 0 Å². The standard InChI is InChI=1S/C20H20N6O3/c1-20(2)10-21-8-12-7-13(3-4-15(12)20)24-18-23-9-14-16(25-18)29-11-26(17(14)27)19-22-5-6-28-19/h3-7,9,21H,8,10-11H2,1-2H3,(H,23,24,25). The van der Waals surface area contributed by atoms with Crippen molar-refractivity contribution in [3.63, 3.8) is 0 Å². The van der Waals surface area contributed by atoms with Gasteiger partial charge in [-0.1, -0.05) is 19.9 Å². The minimum atomic E-state index is -0.317. The van der Waals surface area contributed by atoms with Gasteiger partial charge in [0.1, 0.15) is 11.8 Å². The van der Waals surface area contributed by atoms with Gasteiger partial charge >= 0.3 is 6.01 Å². The Bertz CT molecular complexity index is 1080. The van der Waals surface area contributed by atoms with Crippen LogP contribution in [0.1, 0.15) is 35.3 Å². The number of oxazole rings is 1. The van der Waals surface area contributed by atoms with Crippen molar-refractivity contribution in [2.24, 2.45) is 0 Å². The van der Waals surface area contributed by atoms with Crippen LogP contribution in [0.2, 0.25) is 0 Å². The highest BCUT2D eigenvalue weighted by molar-refractivity contribution is 6.07. The maximum absolute atomic E-state index is 12.6. The molecule has 0 unspecified atom stereocenters. The predicted octanol–water partition coefficient (Wildman–Crippen LogP) is 2.59. The SMILES string of the molecule is CC1(C)CNCc2cc(Nc3ncc4c(n3)OCN(c3ncco3)C4=O)ccc21. The lowest BCUT2D eigenvalue weighted by molar-refractivity contribution is 0.0924. The molecule has 0 spiro atoms. The van der Waals surface area contributed by atoms with E-state index < -0.39 is 0 Å². The molecule has 0 saturated heterocycles. The van der Waals surface area contributed by atoms with Crippen molar-refractivity contribution in [3.8, 4) is 5.88 Å². The molecular formula is C20H20N6O3. The number of carbonyl (C=O) groups is 1. The summed E-state index contributed by atoms with van der Waals surface area (Å²) in [7, 11) is 0. The van der Waals surface area contributed by atoms with Gasteiger partial charge in [-0.05, 0) is 23.3 Å². The van der Waals surface area contributed by atoms with E-state index in [-0.39, 0.29) is 35.5 Å². The number of ether oxygens (including phenoxy) is 1. The number of aromatic nitrogens is 3. The smallest absolute Gasteiger partial charge is 0.307 e. The third-order valence-electron chi connectivity index (χ3n) is 5.18. The maximum Gasteiger partial charge on any atom is 0.307 e. The van der Waals surface area contributed by atoms with Crippen LogP contribution in [0.15, 0.2) is 41.3 Å². The Labute approximate surface area is 167 Å². The van der Waals surface area contributed by atoms with Crippen molar-refractivity contribution < 1.29 is 13.9 Å². The normalized spacial score (nSPS) is 17.3. The van der Waals surface area contributed by atoms with E-state index in [1.807, 2.05) is 6.07 Å². The molecule has 0 fully saturated rings. The summed E-state index contributed by atoms with van der Waals surface area (Å²) in [5, 5.41) is 6.65. The molecule has 0 atom stereocenters. The first kappa shape index (κ1) is 17.6. The highest BCUT2D eigenvalue weighted by atomic mass is 16.5. The van der Waals surface area contributed by atoms with Gasteiger partial charge in [-0.2, -0.15) is 4.98 Å². The van der Waals surface area contributed by atoms with Gasteiger partial charge in [0, 0.05) is 30.4 Å². The van der Waals surface area contributed by atoms with Crippen LogP contribution in [-0.4, -0.2) is 34.1 Å². The average molecular weight is 392 g/mol. The molecule has 9 heteroatoms. The number of amides is 1. The van der Waals surface area contributed by atoms with Gasteiger partial charge in [-0.3, -0.25) is 4.79 Å². The Morgan fingerprint density at radius 2 is 2.17 bits per heavy atom. The lowest BCUT2D eigenvalue weighted by atomic mass is 9.79. The molecule has 2 aliphatic heterocycles. The maximum atomic E-state index is 12.6. The number of hydrogen-bond donors (Lipinski definition) is 2. The molecule has 3 aromatic rings. The van der Waals surface area contributed by atoms with E-state index in [0.29, 0.717) is 5.95 Å². The lowest BCUT2D eigenvalue weighted by Gasteiger charge is -2.33. The van der Waals surface area contributed by atoms with Gasteiger partial charge in [-0.25, -0.2) is 14.9 Å². The lowest BCUT2D eigenvalue weighted by Crippen LogP contribution is -2.39. The summed E-state index contributed by atoms with van der Waals surface area (Å²) in [5.74, 6) is 0.280. The molecule has 2 N–H and O–H groups in total. The van der Waals surface area contributed by atoms with Crippen molar-refractivity contribution in [2.45, 2.75) is 25.8 Å². The number of nitrogens with zero attached hydrogens (tertiary/aromatic N) is 4. The molecule has 0 bridgehead atoms. The van der Waals surface area contributed by atoms with Crippen molar-refractivity contribution in [3.05, 3.63) is 53.5 Å². The van der Waals surface area contributed by atoms with Crippen LogP contribution >= 0.6 is 0 Å². The third-order valence-corrected chi connectivity index (χ3v) is 5.18. The quantitative estimate of drug-likeness (QED) is 0.701. The summed E-state index contributed by atoms with van der Waals surface area (Å²) in [6, 6.07) is 6.44. The zero-order chi connectivity index (χ0) is 20.0. The monoisotopic (exact) mass is 392 g/mol. The molecular weight excluding hydrogens is 372 g/mol. The van der Waals surface area contributed by atoms with Crippen LogP contribution in [0, 0.1) is 0 Å². The second-order valence-corrected chi connectivity index (χ2v) is 7.72. The Kier molecular flexibility index (Phi) is 3.99. The van der Waals surface area contributed by atoms with Crippen LogP contribution in [0.5, 0.6) is 5.88 Å². The molecule has 2 aromatic heterocycles. The van der Waals surface area contributed by atoms with Gasteiger partial charge in [0.25, 0.3) is 5.91 Å². The van der Waals surface area contributed by atoms with Crippen LogP contribution in [0.4, 0.5) is 17.7 Å². The summed E-state index contributed by atoms with van der Waals surface area (Å²) >= 11 is 0. The second-order valence-electron chi connectivity index (χ2n) is 7.72. The predicted molar refractivity (Wildman–Crippen MR) is 105 cm³/mol. The topological polar surface area (TPSA) is 105 Å². The Hall–Kier alpha value is -3.46. The number of rotatable bonds is 3. The van der Waals surface area contributed by atoms with Gasteiger partial charge in [0.2, 0.25) is 11.8 Å². The van der Waals surface area contributed by atoms with Crippen LogP contribution in [0.3, 0.4) is 0 Å². The number of anilines is 3. The number of hydrogen-bond acceptors (Lipinski definition) is 8. The highest BCUT2D eigenvalue weighted by Crippen LogP contribution is 2.32. The number of benzene rings is 1. The molecule has 148 valence electrons. The molecule has 4 heterocycles. The highest BCUT2D eigenvalue weighted by Gasteiger charge is 2.31. The Morgan fingerprint density at radius 3 is 3.00 bits per heavy atom. The summed E-state index contributed by atoms with van der Waals surface area (Å²) < 4.78 is 10.8. The summed E-state index contributed by atoms with van der Waals surface area (Å²) in [4.78, 5) is 26.6. The van der Waals surface area contributed by atoms with E-state index in [2.05, 4.69) is 51.6 Å². The zero-order valence-electron chi connectivity index (χ0n) is 16.1. The number of carbonyl (C=O) groups excluding carboxylic acids is 1.